The highest BCUT2D eigenvalue weighted by atomic mass is 15.5. The minimum Gasteiger partial charge on any atom is -0.299 e. The fourth-order valence-corrected chi connectivity index (χ4v) is 3.18. The lowest BCUT2D eigenvalue weighted by Gasteiger charge is -2.25. The third-order valence-corrected chi connectivity index (χ3v) is 4.51. The van der Waals surface area contributed by atoms with Gasteiger partial charge in [0.25, 0.3) is 0 Å². The summed E-state index contributed by atoms with van der Waals surface area (Å²) in [5.41, 5.74) is 2.19. The molecule has 0 N–H and O–H groups in total. The Labute approximate surface area is 132 Å². The maximum atomic E-state index is 4.79. The fraction of sp³-hybridized carbons (Fsp3) is 0.750. The smallest absolute Gasteiger partial charge is 0.0801 e. The van der Waals surface area contributed by atoms with Crippen molar-refractivity contribution in [1.82, 2.24) is 10.0 Å². The van der Waals surface area contributed by atoms with Gasteiger partial charge in [0.2, 0.25) is 0 Å². The van der Waals surface area contributed by atoms with Crippen LogP contribution in [0.2, 0.25) is 0 Å². The third kappa shape index (κ3) is 3.93. The van der Waals surface area contributed by atoms with E-state index in [1.54, 1.807) is 0 Å². The average Bonchev–Trinajstić information content (AvgIpc) is 3.12. The second kappa shape index (κ2) is 7.03. The van der Waals surface area contributed by atoms with Crippen LogP contribution in [0.3, 0.4) is 0 Å². The van der Waals surface area contributed by atoms with Crippen molar-refractivity contribution in [1.29, 1.82) is 0 Å². The summed E-state index contributed by atoms with van der Waals surface area (Å²) in [5, 5.41) is 12.9. The highest BCUT2D eigenvalue weighted by Gasteiger charge is 2.24. The van der Waals surface area contributed by atoms with Crippen molar-refractivity contribution < 1.29 is 0 Å². The van der Waals surface area contributed by atoms with Gasteiger partial charge in [-0.05, 0) is 12.8 Å². The molecule has 2 aliphatic heterocycles. The second-order valence-electron chi connectivity index (χ2n) is 6.42. The molecule has 6 heteroatoms. The van der Waals surface area contributed by atoms with E-state index in [4.69, 9.17) is 9.98 Å². The lowest BCUT2D eigenvalue weighted by molar-refractivity contribution is 0.390. The second-order valence-corrected chi connectivity index (χ2v) is 6.42. The zero-order valence-electron chi connectivity index (χ0n) is 13.6. The van der Waals surface area contributed by atoms with Crippen LogP contribution >= 0.6 is 0 Å². The molecule has 2 heterocycles. The molecule has 2 unspecified atom stereocenters. The molecule has 0 bridgehead atoms. The van der Waals surface area contributed by atoms with E-state index in [9.17, 15) is 0 Å². The number of hydrazone groups is 2. The third-order valence-electron chi connectivity index (χ3n) is 4.51. The molecular weight excluding hydrogens is 276 g/mol. The minimum atomic E-state index is 0.304. The first kappa shape index (κ1) is 15.2. The van der Waals surface area contributed by atoms with Gasteiger partial charge in [-0.1, -0.05) is 12.8 Å². The van der Waals surface area contributed by atoms with Gasteiger partial charge in [-0.25, -0.2) is 0 Å². The van der Waals surface area contributed by atoms with Gasteiger partial charge in [-0.3, -0.25) is 20.0 Å². The highest BCUT2D eigenvalue weighted by Crippen LogP contribution is 2.24. The van der Waals surface area contributed by atoms with Gasteiger partial charge < -0.3 is 0 Å². The predicted molar refractivity (Wildman–Crippen MR) is 92.4 cm³/mol. The van der Waals surface area contributed by atoms with Gasteiger partial charge in [0, 0.05) is 52.5 Å². The van der Waals surface area contributed by atoms with Gasteiger partial charge in [-0.2, -0.15) is 10.2 Å². The number of rotatable bonds is 4. The Kier molecular flexibility index (Phi) is 4.85. The topological polar surface area (TPSA) is 55.9 Å². The van der Waals surface area contributed by atoms with E-state index >= 15 is 0 Å². The number of aliphatic imine (C=N–C) groups is 2. The molecule has 0 radical (unpaired) electrons. The van der Waals surface area contributed by atoms with Crippen LogP contribution < -0.4 is 0 Å². The SMILES string of the molecule is CN1CCC(C=NC2CCCCC2N=CC2=NN(C)CC2)=N1. The first-order valence-electron chi connectivity index (χ1n) is 8.34. The molecule has 0 saturated heterocycles. The molecule has 6 nitrogen and oxygen atoms in total. The van der Waals surface area contributed by atoms with E-state index in [1.807, 2.05) is 36.5 Å². The van der Waals surface area contributed by atoms with Gasteiger partial charge in [0.05, 0.1) is 23.5 Å². The number of hydrogen-bond donors (Lipinski definition) is 0. The molecule has 0 aromatic heterocycles. The zero-order valence-corrected chi connectivity index (χ0v) is 13.6. The Hall–Kier alpha value is -1.72. The molecule has 3 aliphatic rings. The Bertz CT molecular complexity index is 461. The molecule has 1 fully saturated rings. The molecule has 22 heavy (non-hydrogen) atoms. The van der Waals surface area contributed by atoms with Crippen molar-refractivity contribution in [3.05, 3.63) is 0 Å². The molecular formula is C16H26N6. The monoisotopic (exact) mass is 302 g/mol. The van der Waals surface area contributed by atoms with Gasteiger partial charge in [0.1, 0.15) is 0 Å². The number of nitrogens with zero attached hydrogens (tertiary/aromatic N) is 6. The molecule has 0 amide bonds. The van der Waals surface area contributed by atoms with Crippen LogP contribution in [-0.2, 0) is 0 Å². The van der Waals surface area contributed by atoms with Crippen molar-refractivity contribution in [2.45, 2.75) is 50.6 Å². The maximum Gasteiger partial charge on any atom is 0.0801 e. The van der Waals surface area contributed by atoms with Crippen LogP contribution in [0.5, 0.6) is 0 Å². The van der Waals surface area contributed by atoms with Crippen LogP contribution in [0.4, 0.5) is 0 Å². The van der Waals surface area contributed by atoms with E-state index in [1.165, 1.54) is 12.8 Å². The summed E-state index contributed by atoms with van der Waals surface area (Å²) in [6.45, 7) is 2.00. The van der Waals surface area contributed by atoms with Crippen LogP contribution in [-0.4, -0.2) is 73.1 Å². The Morgan fingerprint density at radius 3 is 1.68 bits per heavy atom. The first-order valence-corrected chi connectivity index (χ1v) is 8.34. The van der Waals surface area contributed by atoms with Crippen molar-refractivity contribution in [2.75, 3.05) is 27.2 Å². The van der Waals surface area contributed by atoms with Crippen molar-refractivity contribution >= 4 is 23.9 Å². The van der Waals surface area contributed by atoms with Crippen molar-refractivity contribution in [3.63, 3.8) is 0 Å². The zero-order chi connectivity index (χ0) is 15.4. The molecule has 0 aromatic carbocycles. The summed E-state index contributed by atoms with van der Waals surface area (Å²) in [6, 6.07) is 0.608. The van der Waals surface area contributed by atoms with Crippen molar-refractivity contribution in [3.8, 4) is 0 Å². The quantitative estimate of drug-likeness (QED) is 0.744. The summed E-state index contributed by atoms with van der Waals surface area (Å²) in [4.78, 5) is 9.59. The summed E-state index contributed by atoms with van der Waals surface area (Å²) >= 11 is 0. The standard InChI is InChI=1S/C16H26N6/c1-21-9-7-13(19-21)11-17-15-5-3-4-6-16(15)18-12-14-8-10-22(2)20-14/h11-12,15-16H,3-10H2,1-2H3. The van der Waals surface area contributed by atoms with E-state index in [-0.39, 0.29) is 0 Å². The number of hydrogen-bond acceptors (Lipinski definition) is 6. The Balaban J connectivity index is 1.61. The lowest BCUT2D eigenvalue weighted by atomic mass is 9.91. The predicted octanol–water partition coefficient (Wildman–Crippen LogP) is 1.82. The summed E-state index contributed by atoms with van der Waals surface area (Å²) in [7, 11) is 4.02. The molecule has 0 spiro atoms. The van der Waals surface area contributed by atoms with Crippen molar-refractivity contribution in [2.24, 2.45) is 20.2 Å². The molecule has 1 aliphatic carbocycles. The molecule has 2 atom stereocenters. The van der Waals surface area contributed by atoms with E-state index < -0.39 is 0 Å². The van der Waals surface area contributed by atoms with Gasteiger partial charge in [0.15, 0.2) is 0 Å². The lowest BCUT2D eigenvalue weighted by Crippen LogP contribution is -2.27. The van der Waals surface area contributed by atoms with Crippen LogP contribution in [0, 0.1) is 0 Å². The Morgan fingerprint density at radius 2 is 1.32 bits per heavy atom. The van der Waals surface area contributed by atoms with E-state index in [0.717, 1.165) is 50.2 Å². The summed E-state index contributed by atoms with van der Waals surface area (Å²) in [6.07, 6.45) is 10.7. The molecule has 0 aromatic rings. The Morgan fingerprint density at radius 1 is 0.864 bits per heavy atom. The first-order chi connectivity index (χ1) is 10.7. The van der Waals surface area contributed by atoms with E-state index in [0.29, 0.717) is 12.1 Å². The fourth-order valence-electron chi connectivity index (χ4n) is 3.18. The maximum absolute atomic E-state index is 4.79. The normalized spacial score (nSPS) is 29.7. The molecule has 3 rings (SSSR count). The highest BCUT2D eigenvalue weighted by molar-refractivity contribution is 6.31. The van der Waals surface area contributed by atoms with Gasteiger partial charge >= 0.3 is 0 Å². The minimum absolute atomic E-state index is 0.304. The van der Waals surface area contributed by atoms with Crippen LogP contribution in [0.1, 0.15) is 38.5 Å². The van der Waals surface area contributed by atoms with Crippen LogP contribution in [0.25, 0.3) is 0 Å². The van der Waals surface area contributed by atoms with Crippen LogP contribution in [0.15, 0.2) is 20.2 Å². The average molecular weight is 302 g/mol. The molecule has 120 valence electrons. The largest absolute Gasteiger partial charge is 0.299 e. The van der Waals surface area contributed by atoms with Gasteiger partial charge in [-0.15, -0.1) is 0 Å². The summed E-state index contributed by atoms with van der Waals surface area (Å²) in [5.74, 6) is 0. The summed E-state index contributed by atoms with van der Waals surface area (Å²) < 4.78 is 0. The molecule has 1 saturated carbocycles. The van der Waals surface area contributed by atoms with E-state index in [2.05, 4.69) is 10.2 Å².